The van der Waals surface area contributed by atoms with Gasteiger partial charge in [-0.3, -0.25) is 4.79 Å². The van der Waals surface area contributed by atoms with E-state index in [1.165, 1.54) is 12.5 Å². The van der Waals surface area contributed by atoms with Gasteiger partial charge in [0.2, 0.25) is 0 Å². The van der Waals surface area contributed by atoms with Crippen LogP contribution in [0.2, 0.25) is 0 Å². The lowest BCUT2D eigenvalue weighted by Gasteiger charge is -1.79. The van der Waals surface area contributed by atoms with Crippen molar-refractivity contribution in [3.63, 3.8) is 0 Å². The second kappa shape index (κ2) is 7.17. The maximum atomic E-state index is 9.47. The average Bonchev–Trinajstić information content (AvgIpc) is 1.65. The van der Waals surface area contributed by atoms with E-state index in [4.69, 9.17) is 0 Å². The van der Waals surface area contributed by atoms with E-state index >= 15 is 0 Å². The highest BCUT2D eigenvalue weighted by Crippen LogP contribution is 1.73. The van der Waals surface area contributed by atoms with Crippen LogP contribution in [0.4, 0.5) is 0 Å². The van der Waals surface area contributed by atoms with Gasteiger partial charge in [0, 0.05) is 6.92 Å². The zero-order valence-corrected chi connectivity index (χ0v) is 6.10. The second-order valence-electron chi connectivity index (χ2n) is 1.82. The van der Waals surface area contributed by atoms with E-state index in [1.807, 2.05) is 13.8 Å². The molecule has 0 unspecified atom stereocenters. The van der Waals surface area contributed by atoms with Crippen LogP contribution in [-0.4, -0.2) is 5.97 Å². The Balaban J connectivity index is 0. The maximum Gasteiger partial charge on any atom is 0.321 e. The summed E-state index contributed by atoms with van der Waals surface area (Å²) in [6, 6.07) is 0. The smallest absolute Gasteiger partial charge is 0.321 e. The highest BCUT2D eigenvalue weighted by molar-refractivity contribution is 5.65. The van der Waals surface area contributed by atoms with Gasteiger partial charge in [0.1, 0.15) is 0 Å². The molecule has 0 aliphatic heterocycles. The van der Waals surface area contributed by atoms with Gasteiger partial charge in [0.15, 0.2) is 0 Å². The Hall–Kier alpha value is -0.830. The van der Waals surface area contributed by atoms with Crippen LogP contribution in [0, 0.1) is 0 Å². The van der Waals surface area contributed by atoms with E-state index in [0.29, 0.717) is 0 Å². The van der Waals surface area contributed by atoms with Crippen molar-refractivity contribution in [3.8, 4) is 0 Å². The fourth-order valence-electron chi connectivity index (χ4n) is 0. The van der Waals surface area contributed by atoms with Crippen LogP contribution in [0.1, 0.15) is 20.8 Å². The summed E-state index contributed by atoms with van der Waals surface area (Å²) < 4.78 is 0. The molecule has 0 heterocycles. The minimum Gasteiger partial charge on any atom is -0.374 e. The van der Waals surface area contributed by atoms with Gasteiger partial charge in [-0.1, -0.05) is 5.57 Å². The van der Waals surface area contributed by atoms with Gasteiger partial charge in [-0.2, -0.15) is 5.90 Å². The predicted molar refractivity (Wildman–Crippen MR) is 36.4 cm³/mol. The molecule has 0 aliphatic rings. The van der Waals surface area contributed by atoms with E-state index in [2.05, 4.69) is 17.3 Å². The number of carbonyl (C=O) groups excluding carboxylic acids is 1. The summed E-state index contributed by atoms with van der Waals surface area (Å²) in [5.41, 5.74) is 1.17. The van der Waals surface area contributed by atoms with Crippen LogP contribution in [0.5, 0.6) is 0 Å². The minimum absolute atomic E-state index is 0.468. The van der Waals surface area contributed by atoms with Crippen LogP contribution in [-0.2, 0) is 9.63 Å². The Labute approximate surface area is 55.4 Å². The summed E-state index contributed by atoms with van der Waals surface area (Å²) in [6.07, 6.45) is 0. The number of hydrogen-bond donors (Lipinski definition) is 1. The Morgan fingerprint density at radius 1 is 1.44 bits per heavy atom. The molecule has 0 bridgehead atoms. The highest BCUT2D eigenvalue weighted by atomic mass is 16.7. The molecule has 54 valence electrons. The van der Waals surface area contributed by atoms with Gasteiger partial charge in [0.25, 0.3) is 0 Å². The molecule has 0 rings (SSSR count). The third-order valence-corrected chi connectivity index (χ3v) is 0.166. The number of carbonyl (C=O) groups is 1. The summed E-state index contributed by atoms with van der Waals surface area (Å²) in [5.74, 6) is 3.85. The molecule has 0 amide bonds. The molecule has 2 N–H and O–H groups in total. The lowest BCUT2D eigenvalue weighted by Crippen LogP contribution is -2.03. The summed E-state index contributed by atoms with van der Waals surface area (Å²) in [4.78, 5) is 13.1. The summed E-state index contributed by atoms with van der Waals surface area (Å²) in [6.45, 7) is 8.74. The molecule has 0 radical (unpaired) electrons. The molecular formula is C6H13NO2. The second-order valence-corrected chi connectivity index (χ2v) is 1.82. The van der Waals surface area contributed by atoms with Crippen molar-refractivity contribution in [1.82, 2.24) is 0 Å². The Bertz CT molecular complexity index is 95.2. The average molecular weight is 131 g/mol. The van der Waals surface area contributed by atoms with E-state index in [0.717, 1.165) is 0 Å². The highest BCUT2D eigenvalue weighted by Gasteiger charge is 1.77. The number of nitrogens with two attached hydrogens (primary N) is 1. The van der Waals surface area contributed by atoms with Crippen LogP contribution < -0.4 is 5.90 Å². The maximum absolute atomic E-state index is 9.47. The quantitative estimate of drug-likeness (QED) is 0.394. The molecule has 3 nitrogen and oxygen atoms in total. The first-order valence-electron chi connectivity index (χ1n) is 2.50. The molecule has 0 saturated carbocycles. The monoisotopic (exact) mass is 131 g/mol. The summed E-state index contributed by atoms with van der Waals surface area (Å²) in [5, 5.41) is 0. The van der Waals surface area contributed by atoms with Gasteiger partial charge < -0.3 is 4.84 Å². The van der Waals surface area contributed by atoms with Crippen LogP contribution in [0.15, 0.2) is 12.2 Å². The molecule has 0 fully saturated rings. The number of hydrogen-bond acceptors (Lipinski definition) is 3. The van der Waals surface area contributed by atoms with Gasteiger partial charge >= 0.3 is 5.97 Å². The lowest BCUT2D eigenvalue weighted by atomic mass is 10.4. The minimum atomic E-state index is -0.468. The SMILES string of the molecule is C=C(C)C.CC(=O)ON. The van der Waals surface area contributed by atoms with Crippen molar-refractivity contribution in [2.75, 3.05) is 0 Å². The van der Waals surface area contributed by atoms with Gasteiger partial charge in [-0.15, -0.1) is 6.58 Å². The number of allylic oxidation sites excluding steroid dienone is 1. The van der Waals surface area contributed by atoms with E-state index < -0.39 is 5.97 Å². The molecule has 9 heavy (non-hydrogen) atoms. The molecule has 0 atom stereocenters. The van der Waals surface area contributed by atoms with Crippen molar-refractivity contribution < 1.29 is 9.63 Å². The topological polar surface area (TPSA) is 52.3 Å². The molecule has 0 saturated heterocycles. The molecule has 0 aliphatic carbocycles. The fraction of sp³-hybridized carbons (Fsp3) is 0.500. The Kier molecular flexibility index (Phi) is 8.79. The van der Waals surface area contributed by atoms with Crippen molar-refractivity contribution >= 4 is 5.97 Å². The zero-order chi connectivity index (χ0) is 7.86. The summed E-state index contributed by atoms with van der Waals surface area (Å²) >= 11 is 0. The van der Waals surface area contributed by atoms with Crippen molar-refractivity contribution in [2.45, 2.75) is 20.8 Å². The molecule has 0 spiro atoms. The van der Waals surface area contributed by atoms with Crippen LogP contribution >= 0.6 is 0 Å². The zero-order valence-electron chi connectivity index (χ0n) is 6.10. The third-order valence-electron chi connectivity index (χ3n) is 0.166. The van der Waals surface area contributed by atoms with Gasteiger partial charge in [-0.05, 0) is 13.8 Å². The third kappa shape index (κ3) is 140. The van der Waals surface area contributed by atoms with Crippen LogP contribution in [0.3, 0.4) is 0 Å². The first-order valence-corrected chi connectivity index (χ1v) is 2.50. The molecular weight excluding hydrogens is 118 g/mol. The van der Waals surface area contributed by atoms with E-state index in [-0.39, 0.29) is 0 Å². The standard InChI is InChI=1S/C4H8.C2H5NO2/c1-4(2)3;1-2(4)5-3/h1H2,2-3H3;3H2,1H3. The first-order chi connectivity index (χ1) is 4.00. The number of rotatable bonds is 0. The lowest BCUT2D eigenvalue weighted by molar-refractivity contribution is -0.141. The Morgan fingerprint density at radius 3 is 1.56 bits per heavy atom. The largest absolute Gasteiger partial charge is 0.374 e. The normalized spacial score (nSPS) is 6.67. The molecule has 0 aromatic heterocycles. The molecule has 3 heteroatoms. The van der Waals surface area contributed by atoms with E-state index in [1.54, 1.807) is 0 Å². The van der Waals surface area contributed by atoms with Gasteiger partial charge in [-0.25, -0.2) is 0 Å². The molecule has 0 aromatic rings. The predicted octanol–water partition coefficient (Wildman–Crippen LogP) is 1.01. The van der Waals surface area contributed by atoms with E-state index in [9.17, 15) is 4.79 Å². The van der Waals surface area contributed by atoms with Crippen molar-refractivity contribution in [1.29, 1.82) is 0 Å². The Morgan fingerprint density at radius 2 is 1.56 bits per heavy atom. The summed E-state index contributed by atoms with van der Waals surface area (Å²) in [7, 11) is 0. The molecule has 0 aromatic carbocycles. The van der Waals surface area contributed by atoms with Gasteiger partial charge in [0.05, 0.1) is 0 Å². The first kappa shape index (κ1) is 11.0. The van der Waals surface area contributed by atoms with Crippen molar-refractivity contribution in [3.05, 3.63) is 12.2 Å². The van der Waals surface area contributed by atoms with Crippen molar-refractivity contribution in [2.24, 2.45) is 5.90 Å². The fourth-order valence-corrected chi connectivity index (χ4v) is 0. The van der Waals surface area contributed by atoms with Crippen LogP contribution in [0.25, 0.3) is 0 Å².